The molecule has 0 aromatic heterocycles. The van der Waals surface area contributed by atoms with Gasteiger partial charge in [0.1, 0.15) is 5.75 Å². The lowest BCUT2D eigenvalue weighted by Gasteiger charge is -2.23. The van der Waals surface area contributed by atoms with Crippen molar-refractivity contribution >= 4 is 17.8 Å². The molecule has 0 saturated carbocycles. The fourth-order valence-corrected chi connectivity index (χ4v) is 3.31. The van der Waals surface area contributed by atoms with Crippen LogP contribution in [0.4, 0.5) is 5.69 Å². The summed E-state index contributed by atoms with van der Waals surface area (Å²) in [5.74, 6) is 0.450. The lowest BCUT2D eigenvalue weighted by Crippen LogP contribution is -2.23. The number of rotatable bonds is 4. The van der Waals surface area contributed by atoms with E-state index >= 15 is 0 Å². The molecular formula is C21H23N3O2. The number of carbonyl (C=O) groups is 1. The van der Waals surface area contributed by atoms with Crippen LogP contribution >= 0.6 is 0 Å². The van der Waals surface area contributed by atoms with Crippen LogP contribution in [0.1, 0.15) is 29.8 Å². The van der Waals surface area contributed by atoms with Crippen molar-refractivity contribution in [2.24, 2.45) is 5.10 Å². The summed E-state index contributed by atoms with van der Waals surface area (Å²) in [5, 5.41) is 4.06. The fraction of sp³-hybridized carbons (Fsp3) is 0.238. The molecule has 0 fully saturated rings. The number of methoxy groups -OCH3 is 1. The molecule has 5 heteroatoms. The van der Waals surface area contributed by atoms with Crippen LogP contribution in [0, 0.1) is 0 Å². The number of para-hydroxylation sites is 1. The van der Waals surface area contributed by atoms with Gasteiger partial charge in [0.15, 0.2) is 0 Å². The van der Waals surface area contributed by atoms with Crippen LogP contribution in [0.25, 0.3) is 0 Å². The minimum atomic E-state index is -0.260. The Balaban J connectivity index is 1.70. The van der Waals surface area contributed by atoms with E-state index in [2.05, 4.69) is 47.5 Å². The Morgan fingerprint density at radius 2 is 1.85 bits per heavy atom. The number of hydrogen-bond acceptors (Lipinski definition) is 4. The number of carbonyl (C=O) groups excluding carboxylic acids is 1. The monoisotopic (exact) mass is 349 g/mol. The number of hydrazone groups is 1. The molecule has 134 valence electrons. The van der Waals surface area contributed by atoms with Gasteiger partial charge in [0.05, 0.1) is 7.11 Å². The van der Waals surface area contributed by atoms with Crippen LogP contribution in [0.5, 0.6) is 5.75 Å². The average molecular weight is 349 g/mol. The molecule has 0 saturated heterocycles. The van der Waals surface area contributed by atoms with Crippen molar-refractivity contribution in [1.82, 2.24) is 5.43 Å². The molecule has 0 atom stereocenters. The second-order valence-electron chi connectivity index (χ2n) is 6.70. The number of amides is 1. The van der Waals surface area contributed by atoms with Gasteiger partial charge in [-0.2, -0.15) is 5.10 Å². The first kappa shape index (κ1) is 17.7. The van der Waals surface area contributed by atoms with Gasteiger partial charge < -0.3 is 9.64 Å². The van der Waals surface area contributed by atoms with E-state index in [1.807, 2.05) is 19.2 Å². The number of fused-ring (bicyclic) bond motifs is 1. The molecule has 0 bridgehead atoms. The molecule has 1 N–H and O–H groups in total. The van der Waals surface area contributed by atoms with Crippen molar-refractivity contribution in [3.05, 3.63) is 71.4 Å². The Kier molecular flexibility index (Phi) is 4.80. The molecule has 2 aromatic rings. The maximum absolute atomic E-state index is 12.1. The van der Waals surface area contributed by atoms with Crippen molar-refractivity contribution in [2.75, 3.05) is 19.1 Å². The lowest BCUT2D eigenvalue weighted by atomic mass is 9.84. The first-order chi connectivity index (χ1) is 12.4. The molecule has 26 heavy (non-hydrogen) atoms. The third-order valence-electron chi connectivity index (χ3n) is 4.77. The molecule has 0 unspecified atom stereocenters. The highest BCUT2D eigenvalue weighted by Crippen LogP contribution is 2.46. The van der Waals surface area contributed by atoms with E-state index in [4.69, 9.17) is 4.74 Å². The van der Waals surface area contributed by atoms with Crippen LogP contribution in [0.15, 0.2) is 65.4 Å². The quantitative estimate of drug-likeness (QED) is 0.676. The Morgan fingerprint density at radius 3 is 2.50 bits per heavy atom. The van der Waals surface area contributed by atoms with Crippen LogP contribution in [0.3, 0.4) is 0 Å². The number of nitrogens with zero attached hydrogens (tertiary/aromatic N) is 2. The summed E-state index contributed by atoms with van der Waals surface area (Å²) < 4.78 is 5.09. The minimum Gasteiger partial charge on any atom is -0.497 e. The number of nitrogens with one attached hydrogen (secondary N) is 1. The van der Waals surface area contributed by atoms with E-state index in [0.717, 1.165) is 5.70 Å². The zero-order valence-corrected chi connectivity index (χ0v) is 15.5. The molecule has 3 rings (SSSR count). The van der Waals surface area contributed by atoms with Crippen LogP contribution < -0.4 is 15.1 Å². The zero-order valence-electron chi connectivity index (χ0n) is 15.5. The van der Waals surface area contributed by atoms with E-state index < -0.39 is 0 Å². The van der Waals surface area contributed by atoms with Crippen molar-refractivity contribution < 1.29 is 9.53 Å². The summed E-state index contributed by atoms with van der Waals surface area (Å²) in [6, 6.07) is 15.2. The van der Waals surface area contributed by atoms with Gasteiger partial charge in [-0.15, -0.1) is 0 Å². The maximum Gasteiger partial charge on any atom is 0.271 e. The second-order valence-corrected chi connectivity index (χ2v) is 6.70. The SMILES string of the molecule is COc1ccc(C(=O)NN=CC=C2N(C)c3ccccc3C2(C)C)cc1. The van der Waals surface area contributed by atoms with Gasteiger partial charge in [-0.3, -0.25) is 4.79 Å². The highest BCUT2D eigenvalue weighted by Gasteiger charge is 2.37. The maximum atomic E-state index is 12.1. The molecule has 1 aliphatic rings. The van der Waals surface area contributed by atoms with Gasteiger partial charge in [-0.1, -0.05) is 32.0 Å². The van der Waals surface area contributed by atoms with E-state index in [-0.39, 0.29) is 11.3 Å². The highest BCUT2D eigenvalue weighted by atomic mass is 16.5. The summed E-state index contributed by atoms with van der Waals surface area (Å²) in [5.41, 5.74) is 6.57. The summed E-state index contributed by atoms with van der Waals surface area (Å²) in [7, 11) is 3.63. The van der Waals surface area contributed by atoms with Gasteiger partial charge in [-0.05, 0) is 42.0 Å². The predicted molar refractivity (Wildman–Crippen MR) is 105 cm³/mol. The fourth-order valence-electron chi connectivity index (χ4n) is 3.31. The molecular weight excluding hydrogens is 326 g/mol. The van der Waals surface area contributed by atoms with E-state index in [1.165, 1.54) is 11.3 Å². The van der Waals surface area contributed by atoms with E-state index in [0.29, 0.717) is 11.3 Å². The third-order valence-corrected chi connectivity index (χ3v) is 4.77. The van der Waals surface area contributed by atoms with E-state index in [9.17, 15) is 4.79 Å². The molecule has 0 aliphatic carbocycles. The largest absolute Gasteiger partial charge is 0.497 e. The molecule has 0 spiro atoms. The summed E-state index contributed by atoms with van der Waals surface area (Å²) in [4.78, 5) is 14.3. The van der Waals surface area contributed by atoms with E-state index in [1.54, 1.807) is 37.6 Å². The number of anilines is 1. The average Bonchev–Trinajstić information content (AvgIpc) is 2.85. The number of ether oxygens (including phenoxy) is 1. The van der Waals surface area contributed by atoms with Crippen LogP contribution in [0.2, 0.25) is 0 Å². The Morgan fingerprint density at radius 1 is 1.15 bits per heavy atom. The van der Waals surface area contributed by atoms with Crippen molar-refractivity contribution in [3.8, 4) is 5.75 Å². The summed E-state index contributed by atoms with van der Waals surface area (Å²) in [6.07, 6.45) is 3.56. The van der Waals surface area contributed by atoms with Crippen LogP contribution in [-0.2, 0) is 5.41 Å². The third kappa shape index (κ3) is 3.20. The summed E-state index contributed by atoms with van der Waals surface area (Å²) >= 11 is 0. The Hall–Kier alpha value is -3.08. The van der Waals surface area contributed by atoms with Crippen LogP contribution in [-0.4, -0.2) is 26.3 Å². The van der Waals surface area contributed by atoms with Crippen molar-refractivity contribution in [3.63, 3.8) is 0 Å². The van der Waals surface area contributed by atoms with Gasteiger partial charge >= 0.3 is 0 Å². The predicted octanol–water partition coefficient (Wildman–Crippen LogP) is 3.72. The number of benzene rings is 2. The molecule has 5 nitrogen and oxygen atoms in total. The molecule has 0 radical (unpaired) electrons. The highest BCUT2D eigenvalue weighted by molar-refractivity contribution is 5.94. The van der Waals surface area contributed by atoms with Gasteiger partial charge in [0.25, 0.3) is 5.91 Å². The van der Waals surface area contributed by atoms with Gasteiger partial charge in [-0.25, -0.2) is 5.43 Å². The van der Waals surface area contributed by atoms with Gasteiger partial charge in [0, 0.05) is 35.6 Å². The Bertz CT molecular complexity index is 867. The smallest absolute Gasteiger partial charge is 0.271 e. The van der Waals surface area contributed by atoms with Gasteiger partial charge in [0.2, 0.25) is 0 Å². The standard InChI is InChI=1S/C21H23N3O2/c1-21(2)17-7-5-6-8-18(17)24(3)19(21)13-14-22-23-20(25)15-9-11-16(26-4)12-10-15/h5-14H,1-4H3,(H,23,25). The molecule has 1 heterocycles. The number of hydrogen-bond donors (Lipinski definition) is 1. The first-order valence-corrected chi connectivity index (χ1v) is 8.46. The molecule has 2 aromatic carbocycles. The zero-order chi connectivity index (χ0) is 18.7. The molecule has 1 aliphatic heterocycles. The van der Waals surface area contributed by atoms with Crippen molar-refractivity contribution in [2.45, 2.75) is 19.3 Å². The summed E-state index contributed by atoms with van der Waals surface area (Å²) in [6.45, 7) is 4.37. The lowest BCUT2D eigenvalue weighted by molar-refractivity contribution is 0.0955. The minimum absolute atomic E-state index is 0.114. The topological polar surface area (TPSA) is 53.9 Å². The number of allylic oxidation sites excluding steroid dienone is 2. The van der Waals surface area contributed by atoms with Crippen molar-refractivity contribution in [1.29, 1.82) is 0 Å². The normalized spacial score (nSPS) is 16.8. The molecule has 1 amide bonds. The second kappa shape index (κ2) is 7.04. The number of likely N-dealkylation sites (N-methyl/N-ethyl adjacent to an activating group) is 1. The Labute approximate surface area is 154 Å². The first-order valence-electron chi connectivity index (χ1n) is 8.46.